The van der Waals surface area contributed by atoms with Crippen LogP contribution < -0.4 is 50.0 Å². The van der Waals surface area contributed by atoms with Gasteiger partial charge in [-0.25, -0.2) is 0 Å². The zero-order valence-corrected chi connectivity index (χ0v) is 72.6. The maximum Gasteiger partial charge on any atom is 0.160 e. The molecule has 117 heavy (non-hydrogen) atoms. The van der Waals surface area contributed by atoms with Gasteiger partial charge in [0.05, 0.1) is 13.2 Å². The Labute approximate surface area is 764 Å². The second kappa shape index (κ2) is 51.9. The normalized spacial score (nSPS) is 12.3. The summed E-state index contributed by atoms with van der Waals surface area (Å²) < 4.78 is 23.3. The molecular formula is C97H92BN6O10Y3-6. The van der Waals surface area contributed by atoms with Gasteiger partial charge in [0.15, 0.2) is 26.9 Å². The molecule has 0 saturated heterocycles. The van der Waals surface area contributed by atoms with Gasteiger partial charge >= 0.3 is 0 Å². The van der Waals surface area contributed by atoms with Crippen LogP contribution in [0.2, 0.25) is 0 Å². The number of hydrogen-bond acceptors (Lipinski definition) is 16. The first-order chi connectivity index (χ1) is 55.0. The smallest absolute Gasteiger partial charge is 0.160 e. The van der Waals surface area contributed by atoms with Gasteiger partial charge in [-0.3, -0.25) is 0 Å². The van der Waals surface area contributed by atoms with Crippen LogP contribution in [0.15, 0.2) is 340 Å². The third kappa shape index (κ3) is 29.5. The number of benzene rings is 15. The van der Waals surface area contributed by atoms with Crippen molar-refractivity contribution in [1.29, 1.82) is 0 Å². The molecule has 0 saturated carbocycles. The summed E-state index contributed by atoms with van der Waals surface area (Å²) in [6, 6.07) is 128. The third-order valence-corrected chi connectivity index (χ3v) is 17.9. The van der Waals surface area contributed by atoms with Crippen molar-refractivity contribution in [1.82, 2.24) is 0 Å². The van der Waals surface area contributed by atoms with Crippen molar-refractivity contribution >= 4 is 74.9 Å². The Morgan fingerprint density at radius 2 is 0.641 bits per heavy atom. The van der Waals surface area contributed by atoms with Crippen molar-refractivity contribution in [2.45, 2.75) is 45.8 Å². The van der Waals surface area contributed by atoms with Gasteiger partial charge in [0.2, 0.25) is 0 Å². The number of nitrogens with zero attached hydrogens (tertiary/aromatic N) is 4. The van der Waals surface area contributed by atoms with Crippen molar-refractivity contribution in [3.8, 4) is 34.5 Å². The summed E-state index contributed by atoms with van der Waals surface area (Å²) in [5.41, 5.74) is 21.9. The van der Waals surface area contributed by atoms with Crippen LogP contribution in [0.5, 0.6) is 34.5 Å². The molecule has 19 rings (SSSR count). The molecule has 4 aliphatic heterocycles. The molecular weight excluding hydrogens is 1690 g/mol. The van der Waals surface area contributed by atoms with Crippen LogP contribution >= 0.6 is 0 Å². The van der Waals surface area contributed by atoms with Crippen LogP contribution in [0.3, 0.4) is 0 Å². The molecule has 0 spiro atoms. The van der Waals surface area contributed by atoms with Crippen LogP contribution in [0.4, 0.5) is 34.1 Å². The number of rotatable bonds is 7. The fraction of sp³-hybridized carbons (Fsp3) is 0.134. The number of hydrogen-bond donors (Lipinski definition) is 8. The average molecular weight is 1780 g/mol. The van der Waals surface area contributed by atoms with Crippen molar-refractivity contribution in [3.05, 3.63) is 398 Å². The van der Waals surface area contributed by atoms with Crippen LogP contribution in [-0.2, 0) is 124 Å². The Hall–Kier alpha value is -10.1. The van der Waals surface area contributed by atoms with Crippen molar-refractivity contribution in [2.75, 3.05) is 71.2 Å². The van der Waals surface area contributed by atoms with Gasteiger partial charge in [0.1, 0.15) is 46.7 Å². The van der Waals surface area contributed by atoms with Gasteiger partial charge in [-0.15, -0.1) is 72.8 Å². The number of para-hydroxylation sites is 3. The molecule has 588 valence electrons. The van der Waals surface area contributed by atoms with Crippen LogP contribution in [0.1, 0.15) is 29.7 Å². The standard InChI is InChI=1S/2C18H14NO.2C14H12NO.C10H8O.2C6H6N.C6H6O.C4H10O4.CH4.B.3Y/c1-2-7-16(8-3-1)19-12-15-11-10-14-6-4-5-9-17(14)18(15)20-13-19;1-2-7-15(8-3-1)19-12-17-16-9-5-4-6-14(16)10-11-18(17)20-13-19;2*1-2-7-13(8-3-1)15-10-12-6-4-5-9-14(12)16-11-15;11-10-7-3-5-8-4-1-2-6-9(8)10;3*7-6-4-2-1-3-5-6;5-1-3(7)4(8)2-6;;;;;/h2*2-11H,12-13H2;2*2-9H,10-11H2;1-7,11H;2*2-5H,7H2;1-5,7H;3-8H,1-2H2;1H4;;;;/q4*-1;;2*-1;;;;;;;. The van der Waals surface area contributed by atoms with Gasteiger partial charge < -0.3 is 80.7 Å². The molecule has 4 aliphatic rings. The van der Waals surface area contributed by atoms with E-state index in [0.29, 0.717) is 38.4 Å². The van der Waals surface area contributed by atoms with E-state index in [0.717, 1.165) is 71.3 Å². The molecule has 0 fully saturated rings. The maximum absolute atomic E-state index is 9.37. The number of phenols is 2. The van der Waals surface area contributed by atoms with E-state index in [-0.39, 0.29) is 114 Å². The molecule has 4 heterocycles. The average Bonchev–Trinajstić information content (AvgIpc) is 0.783. The number of fused-ring (bicyclic) bond motifs is 9. The number of anilines is 6. The number of nitrogens with two attached hydrogens (primary N) is 2. The second-order valence-corrected chi connectivity index (χ2v) is 25.7. The minimum Gasteiger partial charge on any atom is -0.508 e. The molecule has 2 unspecified atom stereocenters. The molecule has 16 nitrogen and oxygen atoms in total. The number of aliphatic hydroxyl groups is 4. The molecule has 0 aliphatic carbocycles. The van der Waals surface area contributed by atoms with Gasteiger partial charge in [0.25, 0.3) is 0 Å². The molecule has 15 aromatic carbocycles. The van der Waals surface area contributed by atoms with E-state index < -0.39 is 25.4 Å². The van der Waals surface area contributed by atoms with E-state index in [2.05, 4.69) is 189 Å². The summed E-state index contributed by atoms with van der Waals surface area (Å²) in [5, 5.41) is 58.1. The van der Waals surface area contributed by atoms with Crippen molar-refractivity contribution < 1.29 is 148 Å². The summed E-state index contributed by atoms with van der Waals surface area (Å²) in [6.07, 6.45) is -2.44. The van der Waals surface area contributed by atoms with E-state index in [1.54, 1.807) is 78.9 Å². The fourth-order valence-electron chi connectivity index (χ4n) is 12.0. The second-order valence-electron chi connectivity index (χ2n) is 25.7. The van der Waals surface area contributed by atoms with Gasteiger partial charge in [-0.1, -0.05) is 199 Å². The molecule has 0 amide bonds. The summed E-state index contributed by atoms with van der Waals surface area (Å²) in [6.45, 7) is 4.91. The molecule has 0 aromatic heterocycles. The van der Waals surface area contributed by atoms with E-state index in [1.165, 1.54) is 66.5 Å². The van der Waals surface area contributed by atoms with Crippen molar-refractivity contribution in [2.24, 2.45) is 0 Å². The van der Waals surface area contributed by atoms with Gasteiger partial charge in [-0.05, 0) is 57.9 Å². The minimum absolute atomic E-state index is 0. The zero-order valence-electron chi connectivity index (χ0n) is 64.1. The Balaban J connectivity index is 0.000000209. The largest absolute Gasteiger partial charge is 0.508 e. The SMILES string of the molecule is C.Nc1cc[c-]cc1.Nc1cc[c-]cc1.OCC(O)C(O)CO.Oc1cccc2ccccc12.Oc1ccccc1.[B].[Y].[Y].[Y].[c-]1ccc(N2COc3c(ccc4ccccc34)C2)cc1.[c-]1ccc(N2COc3ccc4ccccc4c3C2)cc1.[c-]1ccc(N2COc3ccccc3C2)cc1.[c-]1ccc(N2COc3ccccc3C2)cc1. The first-order valence-corrected chi connectivity index (χ1v) is 36.4. The predicted octanol–water partition coefficient (Wildman–Crippen LogP) is 17.7. The number of phenolic OH excluding ortho intramolecular Hbond substituents is 2. The van der Waals surface area contributed by atoms with E-state index in [4.69, 9.17) is 55.9 Å². The molecule has 2 atom stereocenters. The number of aromatic hydroxyl groups is 2. The van der Waals surface area contributed by atoms with Crippen molar-refractivity contribution in [3.63, 3.8) is 0 Å². The molecule has 20 heteroatoms. The van der Waals surface area contributed by atoms with Crippen LogP contribution in [0, 0.1) is 36.4 Å². The van der Waals surface area contributed by atoms with Gasteiger partial charge in [0, 0.05) is 166 Å². The summed E-state index contributed by atoms with van der Waals surface area (Å²) in [5.74, 6) is 4.71. The fourth-order valence-corrected chi connectivity index (χ4v) is 12.0. The Bertz CT molecular complexity index is 5080. The molecule has 6 radical (unpaired) electrons. The minimum atomic E-state index is -1.22. The third-order valence-electron chi connectivity index (χ3n) is 17.9. The quantitative estimate of drug-likeness (QED) is 0.0422. The zero-order chi connectivity index (χ0) is 77.9. The van der Waals surface area contributed by atoms with E-state index >= 15 is 0 Å². The molecule has 0 bridgehead atoms. The van der Waals surface area contributed by atoms with Gasteiger partial charge in [-0.2, -0.15) is 109 Å². The topological polar surface area (TPSA) is 223 Å². The van der Waals surface area contributed by atoms with E-state index in [9.17, 15) is 5.11 Å². The van der Waals surface area contributed by atoms with E-state index in [1.807, 2.05) is 127 Å². The van der Waals surface area contributed by atoms with Crippen LogP contribution in [0.25, 0.3) is 32.3 Å². The Kier molecular flexibility index (Phi) is 42.4. The first kappa shape index (κ1) is 95.7. The summed E-state index contributed by atoms with van der Waals surface area (Å²) in [7, 11) is 0. The summed E-state index contributed by atoms with van der Waals surface area (Å²) >= 11 is 0. The predicted molar refractivity (Wildman–Crippen MR) is 460 cm³/mol. The number of ether oxygens (including phenoxy) is 4. The summed E-state index contributed by atoms with van der Waals surface area (Å²) in [4.78, 5) is 8.87. The first-order valence-electron chi connectivity index (χ1n) is 36.4. The molecule has 15 aromatic rings. The Morgan fingerprint density at radius 1 is 0.316 bits per heavy atom. The molecule has 10 N–H and O–H groups in total. The number of aliphatic hydroxyl groups excluding tert-OH is 4. The van der Waals surface area contributed by atoms with Crippen LogP contribution in [-0.4, -0.2) is 91.4 Å². The Morgan fingerprint density at radius 3 is 1.04 bits per heavy atom. The number of nitrogen functional groups attached to an aromatic ring is 2. The monoisotopic (exact) mass is 1780 g/mol. The maximum atomic E-state index is 9.37.